The van der Waals surface area contributed by atoms with Gasteiger partial charge in [0, 0.05) is 45.7 Å². The molecule has 0 unspecified atom stereocenters. The van der Waals surface area contributed by atoms with Crippen LogP contribution in [0.2, 0.25) is 0 Å². The maximum absolute atomic E-state index is 12.4. The van der Waals surface area contributed by atoms with E-state index in [1.165, 1.54) is 0 Å². The fourth-order valence-corrected chi connectivity index (χ4v) is 4.11. The predicted molar refractivity (Wildman–Crippen MR) is 92.8 cm³/mol. The number of benzene rings is 1. The molecule has 0 N–H and O–H groups in total. The summed E-state index contributed by atoms with van der Waals surface area (Å²) in [6.45, 7) is 5.00. The van der Waals surface area contributed by atoms with Gasteiger partial charge in [0.15, 0.2) is 0 Å². The van der Waals surface area contributed by atoms with Crippen molar-refractivity contribution in [1.29, 1.82) is 0 Å². The van der Waals surface area contributed by atoms with Gasteiger partial charge in [0.1, 0.15) is 6.61 Å². The summed E-state index contributed by atoms with van der Waals surface area (Å²) in [7, 11) is 0. The van der Waals surface area contributed by atoms with Gasteiger partial charge in [0.05, 0.1) is 12.1 Å². The van der Waals surface area contributed by atoms with Gasteiger partial charge in [-0.25, -0.2) is 0 Å². The Morgan fingerprint density at radius 2 is 1.88 bits per heavy atom. The molecule has 0 aromatic heterocycles. The third-order valence-electron chi connectivity index (χ3n) is 5.51. The van der Waals surface area contributed by atoms with Crippen LogP contribution in [0.1, 0.15) is 18.4 Å². The second kappa shape index (κ2) is 7.14. The summed E-state index contributed by atoms with van der Waals surface area (Å²) in [5.74, 6) is 0.343. The molecule has 2 atom stereocenters. The summed E-state index contributed by atoms with van der Waals surface area (Å²) in [5.41, 5.74) is 1.15. The Hall–Kier alpha value is -1.92. The van der Waals surface area contributed by atoms with Gasteiger partial charge in [0.25, 0.3) is 0 Å². The molecular weight excluding hydrogens is 318 g/mol. The molecule has 0 bridgehead atoms. The average molecular weight is 343 g/mol. The molecule has 0 spiro atoms. The molecule has 2 amide bonds. The molecule has 3 aliphatic heterocycles. The predicted octanol–water partition coefficient (Wildman–Crippen LogP) is 0.721. The van der Waals surface area contributed by atoms with E-state index >= 15 is 0 Å². The van der Waals surface area contributed by atoms with E-state index in [0.717, 1.165) is 44.7 Å². The van der Waals surface area contributed by atoms with Gasteiger partial charge in [-0.1, -0.05) is 30.3 Å². The Morgan fingerprint density at radius 1 is 1.04 bits per heavy atom. The fraction of sp³-hybridized carbons (Fsp3) is 0.579. The number of amides is 2. The van der Waals surface area contributed by atoms with Crippen LogP contribution < -0.4 is 0 Å². The van der Waals surface area contributed by atoms with Crippen LogP contribution in [0.15, 0.2) is 30.3 Å². The molecule has 6 nitrogen and oxygen atoms in total. The van der Waals surface area contributed by atoms with Crippen molar-refractivity contribution in [2.45, 2.75) is 31.5 Å². The van der Waals surface area contributed by atoms with Gasteiger partial charge < -0.3 is 14.5 Å². The minimum absolute atomic E-state index is 0.0710. The molecule has 6 heteroatoms. The van der Waals surface area contributed by atoms with Gasteiger partial charge in [0.2, 0.25) is 11.8 Å². The Balaban J connectivity index is 1.37. The Labute approximate surface area is 148 Å². The Kier molecular flexibility index (Phi) is 4.72. The smallest absolute Gasteiger partial charge is 0.249 e. The first-order valence-corrected chi connectivity index (χ1v) is 9.16. The van der Waals surface area contributed by atoms with Gasteiger partial charge >= 0.3 is 0 Å². The molecule has 0 radical (unpaired) electrons. The Morgan fingerprint density at radius 3 is 2.64 bits per heavy atom. The monoisotopic (exact) mass is 343 g/mol. The molecule has 1 aromatic carbocycles. The van der Waals surface area contributed by atoms with Crippen LogP contribution in [0.5, 0.6) is 0 Å². The number of carbonyl (C=O) groups is 2. The lowest BCUT2D eigenvalue weighted by Crippen LogP contribution is -2.53. The highest BCUT2D eigenvalue weighted by molar-refractivity contribution is 5.79. The van der Waals surface area contributed by atoms with Gasteiger partial charge in [-0.15, -0.1) is 0 Å². The maximum atomic E-state index is 12.4. The molecule has 3 aliphatic rings. The van der Waals surface area contributed by atoms with Crippen molar-refractivity contribution in [1.82, 2.24) is 14.7 Å². The van der Waals surface area contributed by atoms with Crippen molar-refractivity contribution in [3.05, 3.63) is 35.9 Å². The van der Waals surface area contributed by atoms with Crippen LogP contribution >= 0.6 is 0 Å². The maximum Gasteiger partial charge on any atom is 0.249 e. The SMILES string of the molecule is O=C1CCCN1CCN1C[C@@H]2[C@@H](C1)OCC(=O)N2Cc1ccccc1. The molecule has 4 rings (SSSR count). The zero-order chi connectivity index (χ0) is 17.2. The first-order chi connectivity index (χ1) is 12.2. The minimum atomic E-state index is 0.0710. The molecule has 3 heterocycles. The van der Waals surface area contributed by atoms with Crippen molar-refractivity contribution in [2.75, 3.05) is 39.3 Å². The lowest BCUT2D eigenvalue weighted by Gasteiger charge is -2.36. The fourth-order valence-electron chi connectivity index (χ4n) is 4.11. The topological polar surface area (TPSA) is 53.1 Å². The Bertz CT molecular complexity index is 636. The molecule has 1 aromatic rings. The molecule has 25 heavy (non-hydrogen) atoms. The number of carbonyl (C=O) groups excluding carboxylic acids is 2. The van der Waals surface area contributed by atoms with Crippen molar-refractivity contribution in [2.24, 2.45) is 0 Å². The molecule has 3 saturated heterocycles. The number of nitrogens with zero attached hydrogens (tertiary/aromatic N) is 3. The number of ether oxygens (including phenoxy) is 1. The number of fused-ring (bicyclic) bond motifs is 1. The van der Waals surface area contributed by atoms with E-state index in [2.05, 4.69) is 17.0 Å². The molecule has 0 aliphatic carbocycles. The van der Waals surface area contributed by atoms with Crippen LogP contribution in [0.25, 0.3) is 0 Å². The summed E-state index contributed by atoms with van der Waals surface area (Å²) < 4.78 is 5.79. The second-order valence-corrected chi connectivity index (χ2v) is 7.17. The van der Waals surface area contributed by atoms with E-state index in [1.807, 2.05) is 28.0 Å². The van der Waals surface area contributed by atoms with Crippen LogP contribution in [-0.2, 0) is 20.9 Å². The first kappa shape index (κ1) is 16.5. The minimum Gasteiger partial charge on any atom is -0.365 e. The van der Waals surface area contributed by atoms with Crippen LogP contribution in [0, 0.1) is 0 Å². The highest BCUT2D eigenvalue weighted by Gasteiger charge is 2.43. The second-order valence-electron chi connectivity index (χ2n) is 7.17. The number of rotatable bonds is 5. The molecule has 3 fully saturated rings. The number of morpholine rings is 1. The summed E-state index contributed by atoms with van der Waals surface area (Å²) >= 11 is 0. The van der Waals surface area contributed by atoms with Crippen molar-refractivity contribution in [3.63, 3.8) is 0 Å². The lowest BCUT2D eigenvalue weighted by atomic mass is 10.1. The van der Waals surface area contributed by atoms with E-state index in [0.29, 0.717) is 13.0 Å². The lowest BCUT2D eigenvalue weighted by molar-refractivity contribution is -0.153. The van der Waals surface area contributed by atoms with Crippen LogP contribution in [0.4, 0.5) is 0 Å². The average Bonchev–Trinajstić information content (AvgIpc) is 3.22. The van der Waals surface area contributed by atoms with Crippen molar-refractivity contribution >= 4 is 11.8 Å². The number of hydrogen-bond donors (Lipinski definition) is 0. The van der Waals surface area contributed by atoms with E-state index in [1.54, 1.807) is 0 Å². The van der Waals surface area contributed by atoms with Crippen LogP contribution in [-0.4, -0.2) is 78.0 Å². The largest absolute Gasteiger partial charge is 0.365 e. The van der Waals surface area contributed by atoms with Gasteiger partial charge in [-0.2, -0.15) is 0 Å². The summed E-state index contributed by atoms with van der Waals surface area (Å²) in [4.78, 5) is 30.4. The number of likely N-dealkylation sites (tertiary alicyclic amines) is 2. The molecule has 0 saturated carbocycles. The zero-order valence-corrected chi connectivity index (χ0v) is 14.5. The quantitative estimate of drug-likeness (QED) is 0.791. The molecular formula is C19H25N3O3. The third kappa shape index (κ3) is 3.55. The van der Waals surface area contributed by atoms with Crippen LogP contribution in [0.3, 0.4) is 0 Å². The summed E-state index contributed by atoms with van der Waals surface area (Å²) in [6.07, 6.45) is 1.75. The standard InChI is InChI=1S/C19H25N3O3/c23-18-7-4-8-21(18)10-9-20-12-16-17(13-20)25-14-19(24)22(16)11-15-5-2-1-3-6-15/h1-3,5-6,16-17H,4,7-14H2/t16-,17-/m1/s1. The van der Waals surface area contributed by atoms with Gasteiger partial charge in [-0.3, -0.25) is 14.5 Å². The van der Waals surface area contributed by atoms with E-state index in [4.69, 9.17) is 4.74 Å². The third-order valence-corrected chi connectivity index (χ3v) is 5.51. The van der Waals surface area contributed by atoms with Gasteiger partial charge in [-0.05, 0) is 12.0 Å². The van der Waals surface area contributed by atoms with E-state index in [9.17, 15) is 9.59 Å². The van der Waals surface area contributed by atoms with Crippen molar-refractivity contribution < 1.29 is 14.3 Å². The summed E-state index contributed by atoms with van der Waals surface area (Å²) in [5, 5.41) is 0. The van der Waals surface area contributed by atoms with E-state index in [-0.39, 0.29) is 30.6 Å². The molecule has 134 valence electrons. The highest BCUT2D eigenvalue weighted by atomic mass is 16.5. The van der Waals surface area contributed by atoms with E-state index < -0.39 is 0 Å². The first-order valence-electron chi connectivity index (χ1n) is 9.16. The normalized spacial score (nSPS) is 27.2. The number of hydrogen-bond acceptors (Lipinski definition) is 4. The summed E-state index contributed by atoms with van der Waals surface area (Å²) in [6, 6.07) is 10.2. The van der Waals surface area contributed by atoms with Crippen molar-refractivity contribution in [3.8, 4) is 0 Å². The highest BCUT2D eigenvalue weighted by Crippen LogP contribution is 2.25. The zero-order valence-electron chi connectivity index (χ0n) is 14.5.